The Bertz CT molecular complexity index is 940. The van der Waals surface area contributed by atoms with Gasteiger partial charge in [0.2, 0.25) is 11.9 Å². The zero-order valence-corrected chi connectivity index (χ0v) is 16.0. The molecule has 1 amide bonds. The standard InChI is InChI=1S/C21H25N5O2/c1-28-18-5-6-19-16(14-18)7-12-25(19)13-10-22-20(27)17-4-2-11-26(15-17)21-23-8-3-9-24-21/h3,5-9,12,14,17H,2,4,10-11,13,15H2,1H3,(H,22,27)/t17-/m0/s1. The summed E-state index contributed by atoms with van der Waals surface area (Å²) in [5.74, 6) is 1.64. The molecule has 3 aromatic rings. The smallest absolute Gasteiger partial charge is 0.225 e. The topological polar surface area (TPSA) is 72.3 Å². The minimum absolute atomic E-state index is 0.0248. The molecule has 1 saturated heterocycles. The minimum Gasteiger partial charge on any atom is -0.497 e. The highest BCUT2D eigenvalue weighted by Crippen LogP contribution is 2.22. The summed E-state index contributed by atoms with van der Waals surface area (Å²) in [4.78, 5) is 23.4. The SMILES string of the molecule is COc1ccc2c(ccn2CCNC(=O)[C@H]2CCCN(c3ncccn3)C2)c1. The second-order valence-electron chi connectivity index (χ2n) is 7.06. The van der Waals surface area contributed by atoms with Crippen LogP contribution in [0.1, 0.15) is 12.8 Å². The summed E-state index contributed by atoms with van der Waals surface area (Å²) >= 11 is 0. The van der Waals surface area contributed by atoms with Gasteiger partial charge in [0.25, 0.3) is 0 Å². The first-order valence-electron chi connectivity index (χ1n) is 9.67. The van der Waals surface area contributed by atoms with Gasteiger partial charge in [-0.3, -0.25) is 4.79 Å². The molecule has 146 valence electrons. The van der Waals surface area contributed by atoms with Crippen molar-refractivity contribution in [1.29, 1.82) is 0 Å². The van der Waals surface area contributed by atoms with E-state index in [4.69, 9.17) is 4.74 Å². The van der Waals surface area contributed by atoms with Crippen molar-refractivity contribution in [1.82, 2.24) is 19.9 Å². The van der Waals surface area contributed by atoms with Gasteiger partial charge in [0, 0.05) is 55.7 Å². The first kappa shape index (κ1) is 18.3. The van der Waals surface area contributed by atoms with Gasteiger partial charge in [0.15, 0.2) is 0 Å². The maximum absolute atomic E-state index is 12.6. The maximum atomic E-state index is 12.6. The fourth-order valence-corrected chi connectivity index (χ4v) is 3.77. The molecule has 1 aromatic carbocycles. The number of anilines is 1. The molecule has 0 unspecified atom stereocenters. The first-order chi connectivity index (χ1) is 13.7. The third-order valence-corrected chi connectivity index (χ3v) is 5.26. The molecule has 1 fully saturated rings. The molecular formula is C21H25N5O2. The molecule has 0 radical (unpaired) electrons. The molecule has 1 aliphatic heterocycles. The number of fused-ring (bicyclic) bond motifs is 1. The van der Waals surface area contributed by atoms with Crippen LogP contribution in [0, 0.1) is 5.92 Å². The zero-order chi connectivity index (χ0) is 19.3. The molecule has 0 bridgehead atoms. The number of amides is 1. The number of rotatable bonds is 6. The second-order valence-corrected chi connectivity index (χ2v) is 7.06. The van der Waals surface area contributed by atoms with Crippen molar-refractivity contribution in [3.63, 3.8) is 0 Å². The third kappa shape index (κ3) is 3.93. The fraction of sp³-hybridized carbons (Fsp3) is 0.381. The molecule has 0 aliphatic carbocycles. The van der Waals surface area contributed by atoms with E-state index in [-0.39, 0.29) is 11.8 Å². The average molecular weight is 379 g/mol. The van der Waals surface area contributed by atoms with Gasteiger partial charge in [-0.25, -0.2) is 9.97 Å². The Morgan fingerprint density at radius 1 is 1.29 bits per heavy atom. The summed E-state index contributed by atoms with van der Waals surface area (Å²) in [7, 11) is 1.67. The van der Waals surface area contributed by atoms with Crippen LogP contribution >= 0.6 is 0 Å². The van der Waals surface area contributed by atoms with Crippen LogP contribution in [-0.2, 0) is 11.3 Å². The molecule has 4 rings (SSSR count). The van der Waals surface area contributed by atoms with Crippen molar-refractivity contribution < 1.29 is 9.53 Å². The number of carbonyl (C=O) groups is 1. The van der Waals surface area contributed by atoms with Crippen molar-refractivity contribution in [2.45, 2.75) is 19.4 Å². The summed E-state index contributed by atoms with van der Waals surface area (Å²) in [6, 6.07) is 9.90. The summed E-state index contributed by atoms with van der Waals surface area (Å²) in [6.45, 7) is 2.90. The molecule has 1 atom stereocenters. The van der Waals surface area contributed by atoms with Gasteiger partial charge in [-0.1, -0.05) is 0 Å². The van der Waals surface area contributed by atoms with Crippen molar-refractivity contribution in [2.24, 2.45) is 5.92 Å². The van der Waals surface area contributed by atoms with Crippen LogP contribution in [0.3, 0.4) is 0 Å². The third-order valence-electron chi connectivity index (χ3n) is 5.26. The van der Waals surface area contributed by atoms with Crippen LogP contribution in [-0.4, -0.2) is 47.2 Å². The normalized spacial score (nSPS) is 16.9. The molecule has 2 aromatic heterocycles. The van der Waals surface area contributed by atoms with E-state index in [1.807, 2.05) is 18.3 Å². The number of hydrogen-bond donors (Lipinski definition) is 1. The Morgan fingerprint density at radius 3 is 2.96 bits per heavy atom. The van der Waals surface area contributed by atoms with E-state index in [0.29, 0.717) is 19.0 Å². The number of piperidine rings is 1. The lowest BCUT2D eigenvalue weighted by molar-refractivity contribution is -0.125. The highest BCUT2D eigenvalue weighted by atomic mass is 16.5. The summed E-state index contributed by atoms with van der Waals surface area (Å²) < 4.78 is 7.43. The highest BCUT2D eigenvalue weighted by molar-refractivity contribution is 5.82. The molecular weight excluding hydrogens is 354 g/mol. The van der Waals surface area contributed by atoms with Crippen LogP contribution in [0.5, 0.6) is 5.75 Å². The van der Waals surface area contributed by atoms with Crippen LogP contribution < -0.4 is 15.0 Å². The Morgan fingerprint density at radius 2 is 2.14 bits per heavy atom. The molecule has 7 nitrogen and oxygen atoms in total. The predicted molar refractivity (Wildman–Crippen MR) is 108 cm³/mol. The number of nitrogens with zero attached hydrogens (tertiary/aromatic N) is 4. The van der Waals surface area contributed by atoms with E-state index in [2.05, 4.69) is 36.9 Å². The lowest BCUT2D eigenvalue weighted by Crippen LogP contribution is -2.44. The van der Waals surface area contributed by atoms with E-state index in [1.54, 1.807) is 25.6 Å². The van der Waals surface area contributed by atoms with Crippen LogP contribution in [0.2, 0.25) is 0 Å². The Balaban J connectivity index is 1.32. The minimum atomic E-state index is -0.0248. The van der Waals surface area contributed by atoms with Gasteiger partial charge in [-0.2, -0.15) is 0 Å². The molecule has 0 saturated carbocycles. The molecule has 0 spiro atoms. The quantitative estimate of drug-likeness (QED) is 0.712. The Kier molecular flexibility index (Phi) is 5.41. The van der Waals surface area contributed by atoms with Crippen LogP contribution in [0.15, 0.2) is 48.9 Å². The lowest BCUT2D eigenvalue weighted by Gasteiger charge is -2.31. The van der Waals surface area contributed by atoms with E-state index in [0.717, 1.165) is 42.6 Å². The van der Waals surface area contributed by atoms with Crippen molar-refractivity contribution in [3.05, 3.63) is 48.9 Å². The Hall–Kier alpha value is -3.09. The van der Waals surface area contributed by atoms with Gasteiger partial charge >= 0.3 is 0 Å². The number of aromatic nitrogens is 3. The van der Waals surface area contributed by atoms with E-state index in [1.165, 1.54) is 0 Å². The number of hydrogen-bond acceptors (Lipinski definition) is 5. The molecule has 28 heavy (non-hydrogen) atoms. The van der Waals surface area contributed by atoms with Gasteiger partial charge in [-0.15, -0.1) is 0 Å². The summed E-state index contributed by atoms with van der Waals surface area (Å²) in [6.07, 6.45) is 7.40. The van der Waals surface area contributed by atoms with E-state index >= 15 is 0 Å². The Labute approximate surface area is 164 Å². The van der Waals surface area contributed by atoms with Crippen molar-refractivity contribution in [3.8, 4) is 5.75 Å². The monoisotopic (exact) mass is 379 g/mol. The van der Waals surface area contributed by atoms with Crippen molar-refractivity contribution >= 4 is 22.8 Å². The number of benzene rings is 1. The van der Waals surface area contributed by atoms with E-state index in [9.17, 15) is 4.79 Å². The van der Waals surface area contributed by atoms with Gasteiger partial charge < -0.3 is 19.5 Å². The van der Waals surface area contributed by atoms with Gasteiger partial charge in [0.05, 0.1) is 13.0 Å². The number of carbonyl (C=O) groups excluding carboxylic acids is 1. The lowest BCUT2D eigenvalue weighted by atomic mass is 9.97. The van der Waals surface area contributed by atoms with E-state index < -0.39 is 0 Å². The number of nitrogens with one attached hydrogen (secondary N) is 1. The zero-order valence-electron chi connectivity index (χ0n) is 16.0. The van der Waals surface area contributed by atoms with Crippen molar-refractivity contribution in [2.75, 3.05) is 31.6 Å². The molecule has 1 N–H and O–H groups in total. The first-order valence-corrected chi connectivity index (χ1v) is 9.67. The summed E-state index contributed by atoms with van der Waals surface area (Å²) in [5.41, 5.74) is 1.14. The number of ether oxygens (including phenoxy) is 1. The molecule has 1 aliphatic rings. The largest absolute Gasteiger partial charge is 0.497 e. The van der Waals surface area contributed by atoms with Crippen LogP contribution in [0.4, 0.5) is 5.95 Å². The average Bonchev–Trinajstić information content (AvgIpc) is 3.16. The molecule has 3 heterocycles. The highest BCUT2D eigenvalue weighted by Gasteiger charge is 2.26. The maximum Gasteiger partial charge on any atom is 0.225 e. The van der Waals surface area contributed by atoms with Crippen LogP contribution in [0.25, 0.3) is 10.9 Å². The molecule has 7 heteroatoms. The predicted octanol–water partition coefficient (Wildman–Crippen LogP) is 2.47. The fourth-order valence-electron chi connectivity index (χ4n) is 3.77. The van der Waals surface area contributed by atoms with Gasteiger partial charge in [0.1, 0.15) is 5.75 Å². The summed E-state index contributed by atoms with van der Waals surface area (Å²) in [5, 5.41) is 4.23. The van der Waals surface area contributed by atoms with Gasteiger partial charge in [-0.05, 0) is 43.2 Å². The second kappa shape index (κ2) is 8.29. The number of methoxy groups -OCH3 is 1.